The Kier molecular flexibility index (Phi) is 12.7. The third kappa shape index (κ3) is 10.3. The number of carbonyl (C=O) groups excluding carboxylic acids is 2. The van der Waals surface area contributed by atoms with Gasteiger partial charge in [0.1, 0.15) is 5.69 Å². The molecule has 0 saturated carbocycles. The van der Waals surface area contributed by atoms with Crippen molar-refractivity contribution in [2.75, 3.05) is 0 Å². The fraction of sp³-hybridized carbons (Fsp3) is 0.0588. The maximum atomic E-state index is 12.0. The molecule has 43 heavy (non-hydrogen) atoms. The molecule has 0 atom stereocenters. The molecule has 0 amide bonds. The van der Waals surface area contributed by atoms with Gasteiger partial charge in [-0.2, -0.15) is 0 Å². The van der Waals surface area contributed by atoms with E-state index in [0.717, 1.165) is 16.7 Å². The highest BCUT2D eigenvalue weighted by Crippen LogP contribution is 2.33. The number of nitrogens with zero attached hydrogens (tertiary/aromatic N) is 2. The van der Waals surface area contributed by atoms with Gasteiger partial charge in [0.25, 0.3) is 0 Å². The summed E-state index contributed by atoms with van der Waals surface area (Å²) in [5, 5.41) is 16.5. The van der Waals surface area contributed by atoms with E-state index in [1.807, 2.05) is 72.8 Å². The molecule has 5 aromatic rings. The van der Waals surface area contributed by atoms with Crippen LogP contribution in [0.4, 0.5) is 0 Å². The van der Waals surface area contributed by atoms with Crippen LogP contribution in [0.15, 0.2) is 119 Å². The first kappa shape index (κ1) is 32.8. The molecular weight excluding hydrogens is 607 g/mol. The second kappa shape index (κ2) is 16.7. The van der Waals surface area contributed by atoms with Crippen molar-refractivity contribution >= 4 is 51.5 Å². The van der Waals surface area contributed by atoms with Gasteiger partial charge in [-0.1, -0.05) is 124 Å². The number of rotatable bonds is 4. The number of hydrogen-bond donors (Lipinski definition) is 1. The molecule has 0 saturated heterocycles. The fourth-order valence-corrected chi connectivity index (χ4v) is 3.91. The third-order valence-corrected chi connectivity index (χ3v) is 6.32. The van der Waals surface area contributed by atoms with Gasteiger partial charge in [0.05, 0.1) is 5.56 Å². The van der Waals surface area contributed by atoms with E-state index < -0.39 is 0 Å². The van der Waals surface area contributed by atoms with Crippen molar-refractivity contribution in [3.05, 3.63) is 136 Å². The van der Waals surface area contributed by atoms with E-state index in [9.17, 15) is 9.59 Å². The Morgan fingerprint density at radius 2 is 1.30 bits per heavy atom. The van der Waals surface area contributed by atoms with Crippen LogP contribution in [0.2, 0.25) is 10.0 Å². The van der Waals surface area contributed by atoms with E-state index in [1.54, 1.807) is 36.4 Å². The minimum atomic E-state index is -0.103. The molecular formula is C34H25Cl3N2O4. The van der Waals surface area contributed by atoms with E-state index >= 15 is 0 Å². The minimum absolute atomic E-state index is 0.0571. The van der Waals surface area contributed by atoms with Gasteiger partial charge < -0.3 is 9.73 Å². The maximum Gasteiger partial charge on any atom is 0.202 e. The first-order valence-corrected chi connectivity index (χ1v) is 13.9. The smallest absolute Gasteiger partial charge is 0.202 e. The quantitative estimate of drug-likeness (QED) is 0.0702. The Labute approximate surface area is 264 Å². The van der Waals surface area contributed by atoms with Crippen molar-refractivity contribution in [1.29, 1.82) is 0 Å². The van der Waals surface area contributed by atoms with Gasteiger partial charge in [-0.15, -0.1) is 0 Å². The lowest BCUT2D eigenvalue weighted by Crippen LogP contribution is -1.96. The van der Waals surface area contributed by atoms with Crippen LogP contribution >= 0.6 is 34.8 Å². The molecule has 0 aliphatic heterocycles. The highest BCUT2D eigenvalue weighted by Gasteiger charge is 2.22. The SMILES string of the molecule is CC(=O)C#Cc1ccccc1.CC(=O)c1c(-c2ccc(Cl)cc2)noc1-c1ccccc1.O/N=C(\Cl)c1ccc(Cl)cc1. The number of ketones is 2. The van der Waals surface area contributed by atoms with Crippen molar-refractivity contribution in [2.24, 2.45) is 5.16 Å². The lowest BCUT2D eigenvalue weighted by molar-refractivity contribution is -0.111. The van der Waals surface area contributed by atoms with Crippen LogP contribution in [0.25, 0.3) is 22.6 Å². The molecule has 0 unspecified atom stereocenters. The Balaban J connectivity index is 0.000000195. The van der Waals surface area contributed by atoms with Gasteiger partial charge in [-0.05, 0) is 49.2 Å². The summed E-state index contributed by atoms with van der Waals surface area (Å²) in [4.78, 5) is 22.5. The van der Waals surface area contributed by atoms with Gasteiger partial charge in [0, 0.05) is 39.2 Å². The van der Waals surface area contributed by atoms with E-state index in [4.69, 9.17) is 44.5 Å². The number of hydrogen-bond acceptors (Lipinski definition) is 6. The first-order valence-electron chi connectivity index (χ1n) is 12.7. The van der Waals surface area contributed by atoms with Gasteiger partial charge in [0.15, 0.2) is 16.7 Å². The molecule has 6 nitrogen and oxygen atoms in total. The standard InChI is InChI=1S/C17H12ClNO2.C10H8O.C7H5Cl2NO/c1-11(20)15-16(12-7-9-14(18)10-8-12)19-21-17(15)13-5-3-2-4-6-13;1-9(11)7-8-10-5-3-2-4-6-10;8-6-3-1-5(2-4-6)7(9)10-11/h2-10H,1H3;2-6H,1H3;1-4,11H/b;;10-7-. The molecule has 216 valence electrons. The lowest BCUT2D eigenvalue weighted by atomic mass is 10.00. The zero-order valence-corrected chi connectivity index (χ0v) is 25.4. The molecule has 1 N–H and O–H groups in total. The predicted octanol–water partition coefficient (Wildman–Crippen LogP) is 9.21. The molecule has 0 radical (unpaired) electrons. The zero-order chi connectivity index (χ0) is 31.2. The molecule has 1 heterocycles. The molecule has 0 fully saturated rings. The summed E-state index contributed by atoms with van der Waals surface area (Å²) < 4.78 is 5.42. The molecule has 9 heteroatoms. The van der Waals surface area contributed by atoms with E-state index in [2.05, 4.69) is 22.2 Å². The van der Waals surface area contributed by atoms with Crippen LogP contribution in [0.3, 0.4) is 0 Å². The summed E-state index contributed by atoms with van der Waals surface area (Å²) in [5.74, 6) is 5.52. The number of Topliss-reactive ketones (excluding diaryl/α,β-unsaturated/α-hetero) is 2. The van der Waals surface area contributed by atoms with Gasteiger partial charge in [0.2, 0.25) is 5.78 Å². The molecule has 0 bridgehead atoms. The van der Waals surface area contributed by atoms with Gasteiger partial charge >= 0.3 is 0 Å². The summed E-state index contributed by atoms with van der Waals surface area (Å²) in [5.41, 5.74) is 4.17. The van der Waals surface area contributed by atoms with Crippen LogP contribution in [0.1, 0.15) is 35.3 Å². The molecule has 0 spiro atoms. The summed E-state index contributed by atoms with van der Waals surface area (Å²) in [6.45, 7) is 2.97. The first-order chi connectivity index (χ1) is 20.7. The van der Waals surface area contributed by atoms with Crippen molar-refractivity contribution in [3.63, 3.8) is 0 Å². The topological polar surface area (TPSA) is 92.8 Å². The maximum absolute atomic E-state index is 12.0. The minimum Gasteiger partial charge on any atom is -0.410 e. The normalized spacial score (nSPS) is 10.2. The monoisotopic (exact) mass is 630 g/mol. The van der Waals surface area contributed by atoms with E-state index in [-0.39, 0.29) is 16.7 Å². The molecule has 1 aromatic heterocycles. The average molecular weight is 632 g/mol. The zero-order valence-electron chi connectivity index (χ0n) is 23.1. The number of oxime groups is 1. The third-order valence-electron chi connectivity index (χ3n) is 5.52. The van der Waals surface area contributed by atoms with Crippen molar-refractivity contribution in [3.8, 4) is 34.4 Å². The molecule has 5 rings (SSSR count). The van der Waals surface area contributed by atoms with Gasteiger partial charge in [-0.3, -0.25) is 9.59 Å². The highest BCUT2D eigenvalue weighted by atomic mass is 35.5. The van der Waals surface area contributed by atoms with Crippen molar-refractivity contribution in [2.45, 2.75) is 13.8 Å². The molecule has 0 aliphatic carbocycles. The molecule has 0 aliphatic rings. The Morgan fingerprint density at radius 1 is 0.767 bits per heavy atom. The largest absolute Gasteiger partial charge is 0.410 e. The Bertz CT molecular complexity index is 1740. The molecule has 4 aromatic carbocycles. The average Bonchev–Trinajstić information content (AvgIpc) is 3.48. The van der Waals surface area contributed by atoms with Crippen LogP contribution in [0.5, 0.6) is 0 Å². The number of carbonyl (C=O) groups is 2. The second-order valence-electron chi connectivity index (χ2n) is 8.73. The van der Waals surface area contributed by atoms with E-state index in [1.165, 1.54) is 13.8 Å². The summed E-state index contributed by atoms with van der Waals surface area (Å²) in [7, 11) is 0. The van der Waals surface area contributed by atoms with Crippen molar-refractivity contribution < 1.29 is 19.3 Å². The van der Waals surface area contributed by atoms with Gasteiger partial charge in [-0.25, -0.2) is 0 Å². The van der Waals surface area contributed by atoms with Crippen LogP contribution in [-0.2, 0) is 4.79 Å². The Hall–Kier alpha value is -4.67. The van der Waals surface area contributed by atoms with Crippen LogP contribution in [-0.4, -0.2) is 27.1 Å². The Morgan fingerprint density at radius 3 is 1.81 bits per heavy atom. The number of halogens is 3. The predicted molar refractivity (Wildman–Crippen MR) is 172 cm³/mol. The van der Waals surface area contributed by atoms with Crippen LogP contribution < -0.4 is 0 Å². The second-order valence-corrected chi connectivity index (χ2v) is 9.97. The van der Waals surface area contributed by atoms with Crippen LogP contribution in [0, 0.1) is 11.8 Å². The van der Waals surface area contributed by atoms with Crippen molar-refractivity contribution in [1.82, 2.24) is 5.16 Å². The highest BCUT2D eigenvalue weighted by molar-refractivity contribution is 6.69. The fourth-order valence-electron chi connectivity index (χ4n) is 3.53. The lowest BCUT2D eigenvalue weighted by Gasteiger charge is -2.01. The summed E-state index contributed by atoms with van der Waals surface area (Å²) in [6.07, 6.45) is 0. The van der Waals surface area contributed by atoms with E-state index in [0.29, 0.717) is 32.6 Å². The number of aromatic nitrogens is 1. The summed E-state index contributed by atoms with van der Waals surface area (Å²) >= 11 is 17.0. The number of benzene rings is 4. The summed E-state index contributed by atoms with van der Waals surface area (Å²) in [6, 6.07) is 32.8.